The summed E-state index contributed by atoms with van der Waals surface area (Å²) < 4.78 is 57.8. The average Bonchev–Trinajstić information content (AvgIpc) is 2.26. The van der Waals surface area contributed by atoms with Crippen LogP contribution in [0.1, 0.15) is 22.8 Å². The first-order valence-electron chi connectivity index (χ1n) is 4.96. The van der Waals surface area contributed by atoms with Gasteiger partial charge in [0.15, 0.2) is 0 Å². The van der Waals surface area contributed by atoms with Gasteiger partial charge in [-0.2, -0.15) is 9.37 Å². The average molecular weight is 346 g/mol. The molecule has 106 valence electrons. The number of pyridine rings is 1. The smallest absolute Gasteiger partial charge is 0.462 e. The molecule has 1 aromatic rings. The first-order valence-corrected chi connectivity index (χ1v) is 6.09. The lowest BCUT2D eigenvalue weighted by molar-refractivity contribution is -0.276. The number of ether oxygens (including phenoxy) is 2. The molecule has 0 atom stereocenters. The van der Waals surface area contributed by atoms with Crippen LogP contribution in [0.3, 0.4) is 0 Å². The molecule has 0 amide bonds. The van der Waals surface area contributed by atoms with E-state index in [2.05, 4.69) is 30.4 Å². The number of aromatic nitrogens is 1. The van der Waals surface area contributed by atoms with E-state index in [4.69, 9.17) is 0 Å². The molecule has 0 saturated heterocycles. The Kier molecular flexibility index (Phi) is 5.10. The van der Waals surface area contributed by atoms with Crippen LogP contribution in [0.5, 0.6) is 5.88 Å². The first kappa shape index (κ1) is 15.7. The van der Waals surface area contributed by atoms with Crippen molar-refractivity contribution in [3.05, 3.63) is 23.1 Å². The highest BCUT2D eigenvalue weighted by atomic mass is 79.9. The number of rotatable bonds is 4. The second-order valence-corrected chi connectivity index (χ2v) is 3.74. The lowest BCUT2D eigenvalue weighted by Crippen LogP contribution is -2.20. The molecule has 0 spiro atoms. The molecule has 0 bridgehead atoms. The second kappa shape index (κ2) is 6.18. The summed E-state index contributed by atoms with van der Waals surface area (Å²) in [5, 5.41) is -0.181. The van der Waals surface area contributed by atoms with Gasteiger partial charge in [0.2, 0.25) is 11.8 Å². The third-order valence-electron chi connectivity index (χ3n) is 1.90. The fraction of sp³-hybridized carbons (Fsp3) is 0.400. The summed E-state index contributed by atoms with van der Waals surface area (Å²) in [6.45, 7) is 1.51. The zero-order valence-corrected chi connectivity index (χ0v) is 11.1. The lowest BCUT2D eigenvalue weighted by Gasteiger charge is -2.13. The molecule has 1 rings (SSSR count). The van der Waals surface area contributed by atoms with Crippen LogP contribution in [0.2, 0.25) is 0 Å². The van der Waals surface area contributed by atoms with Crippen molar-refractivity contribution < 1.29 is 31.8 Å². The maximum Gasteiger partial charge on any atom is 0.574 e. The number of esters is 1. The van der Waals surface area contributed by atoms with Gasteiger partial charge in [-0.1, -0.05) is 15.9 Å². The van der Waals surface area contributed by atoms with Crippen LogP contribution in [0.4, 0.5) is 17.6 Å². The Bertz CT molecular complexity index is 479. The van der Waals surface area contributed by atoms with Gasteiger partial charge in [-0.3, -0.25) is 0 Å². The Morgan fingerprint density at radius 3 is 2.58 bits per heavy atom. The summed E-state index contributed by atoms with van der Waals surface area (Å²) >= 11 is 2.89. The number of hydrogen-bond donors (Lipinski definition) is 0. The SMILES string of the molecule is CCOC(=O)c1cc(F)nc(OC(F)(F)F)c1CBr. The molecule has 1 heterocycles. The number of carbonyl (C=O) groups excluding carboxylic acids is 1. The van der Waals surface area contributed by atoms with Gasteiger partial charge in [0.1, 0.15) is 0 Å². The molecule has 0 aliphatic heterocycles. The molecule has 4 nitrogen and oxygen atoms in total. The van der Waals surface area contributed by atoms with Crippen molar-refractivity contribution in [2.75, 3.05) is 6.61 Å². The van der Waals surface area contributed by atoms with E-state index < -0.39 is 24.2 Å². The van der Waals surface area contributed by atoms with Crippen molar-refractivity contribution in [3.63, 3.8) is 0 Å². The van der Waals surface area contributed by atoms with E-state index in [0.29, 0.717) is 6.07 Å². The van der Waals surface area contributed by atoms with E-state index in [1.165, 1.54) is 6.92 Å². The first-order chi connectivity index (χ1) is 8.78. The molecule has 0 aromatic carbocycles. The van der Waals surface area contributed by atoms with Gasteiger partial charge in [0, 0.05) is 17.0 Å². The quantitative estimate of drug-likeness (QED) is 0.364. The van der Waals surface area contributed by atoms with Gasteiger partial charge in [-0.25, -0.2) is 4.79 Å². The van der Waals surface area contributed by atoms with Gasteiger partial charge in [0.05, 0.1) is 12.2 Å². The third kappa shape index (κ3) is 4.34. The summed E-state index contributed by atoms with van der Waals surface area (Å²) in [7, 11) is 0. The van der Waals surface area contributed by atoms with Crippen molar-refractivity contribution in [2.24, 2.45) is 0 Å². The molecule has 0 aliphatic carbocycles. The van der Waals surface area contributed by atoms with Crippen LogP contribution in [0, 0.1) is 5.95 Å². The van der Waals surface area contributed by atoms with Crippen LogP contribution in [-0.4, -0.2) is 23.9 Å². The van der Waals surface area contributed by atoms with Crippen LogP contribution in [0.25, 0.3) is 0 Å². The number of nitrogens with zero attached hydrogens (tertiary/aromatic N) is 1. The minimum absolute atomic E-state index is 0.0000374. The molecular weight excluding hydrogens is 338 g/mol. The Morgan fingerprint density at radius 2 is 2.11 bits per heavy atom. The van der Waals surface area contributed by atoms with E-state index >= 15 is 0 Å². The Hall–Kier alpha value is -1.38. The number of hydrogen-bond acceptors (Lipinski definition) is 4. The van der Waals surface area contributed by atoms with Crippen molar-refractivity contribution >= 4 is 21.9 Å². The zero-order valence-electron chi connectivity index (χ0n) is 9.55. The van der Waals surface area contributed by atoms with Crippen molar-refractivity contribution in [3.8, 4) is 5.88 Å². The summed E-state index contributed by atoms with van der Waals surface area (Å²) in [5.41, 5.74) is -0.609. The van der Waals surface area contributed by atoms with E-state index in [9.17, 15) is 22.4 Å². The molecule has 9 heteroatoms. The molecule has 0 fully saturated rings. The van der Waals surface area contributed by atoms with Crippen molar-refractivity contribution in [1.82, 2.24) is 4.98 Å². The van der Waals surface area contributed by atoms with E-state index in [0.717, 1.165) is 0 Å². The van der Waals surface area contributed by atoms with Crippen LogP contribution < -0.4 is 4.74 Å². The third-order valence-corrected chi connectivity index (χ3v) is 2.46. The van der Waals surface area contributed by atoms with Gasteiger partial charge in [0.25, 0.3) is 0 Å². The maximum absolute atomic E-state index is 13.1. The topological polar surface area (TPSA) is 48.4 Å². The molecule has 0 unspecified atom stereocenters. The molecule has 0 aliphatic rings. The number of carbonyl (C=O) groups is 1. The Balaban J connectivity index is 3.28. The predicted octanol–water partition coefficient (Wildman–Crippen LogP) is 3.19. The van der Waals surface area contributed by atoms with Crippen LogP contribution in [-0.2, 0) is 10.1 Å². The highest BCUT2D eigenvalue weighted by Crippen LogP contribution is 2.29. The van der Waals surface area contributed by atoms with Crippen molar-refractivity contribution in [1.29, 1.82) is 0 Å². The normalized spacial score (nSPS) is 11.3. The second-order valence-electron chi connectivity index (χ2n) is 3.18. The van der Waals surface area contributed by atoms with Crippen LogP contribution >= 0.6 is 15.9 Å². The highest BCUT2D eigenvalue weighted by molar-refractivity contribution is 9.08. The minimum atomic E-state index is -5.04. The molecule has 0 N–H and O–H groups in total. The lowest BCUT2D eigenvalue weighted by atomic mass is 10.1. The van der Waals surface area contributed by atoms with Gasteiger partial charge in [-0.05, 0) is 6.92 Å². The van der Waals surface area contributed by atoms with E-state index in [1.807, 2.05) is 0 Å². The van der Waals surface area contributed by atoms with Crippen LogP contribution in [0.15, 0.2) is 6.07 Å². The maximum atomic E-state index is 13.1. The molecule has 1 aromatic heterocycles. The standard InChI is InChI=1S/C10H8BrF4NO3/c1-2-18-9(17)5-3-7(12)16-8(6(5)4-11)19-10(13,14)15/h3H,2,4H2,1H3. The summed E-state index contributed by atoms with van der Waals surface area (Å²) in [6.07, 6.45) is -5.04. The highest BCUT2D eigenvalue weighted by Gasteiger charge is 2.34. The summed E-state index contributed by atoms with van der Waals surface area (Å²) in [5.74, 6) is -3.25. The van der Waals surface area contributed by atoms with Crippen molar-refractivity contribution in [2.45, 2.75) is 18.6 Å². The largest absolute Gasteiger partial charge is 0.574 e. The van der Waals surface area contributed by atoms with E-state index in [-0.39, 0.29) is 23.1 Å². The van der Waals surface area contributed by atoms with E-state index in [1.54, 1.807) is 0 Å². The van der Waals surface area contributed by atoms with Gasteiger partial charge < -0.3 is 9.47 Å². The summed E-state index contributed by atoms with van der Waals surface area (Å²) in [4.78, 5) is 14.5. The number of halogens is 5. The molecule has 0 radical (unpaired) electrons. The Labute approximate surface area is 113 Å². The monoisotopic (exact) mass is 345 g/mol. The summed E-state index contributed by atoms with van der Waals surface area (Å²) in [6, 6.07) is 0.692. The minimum Gasteiger partial charge on any atom is -0.462 e. The predicted molar refractivity (Wildman–Crippen MR) is 59.5 cm³/mol. The zero-order chi connectivity index (χ0) is 14.6. The Morgan fingerprint density at radius 1 is 1.47 bits per heavy atom. The van der Waals surface area contributed by atoms with Gasteiger partial charge >= 0.3 is 12.3 Å². The molecular formula is C10H8BrF4NO3. The number of alkyl halides is 4. The fourth-order valence-electron chi connectivity index (χ4n) is 1.23. The molecule has 19 heavy (non-hydrogen) atoms. The van der Waals surface area contributed by atoms with Gasteiger partial charge in [-0.15, -0.1) is 13.2 Å². The molecule has 0 saturated carbocycles. The fourth-order valence-corrected chi connectivity index (χ4v) is 1.77.